The molecule has 1 amide bonds. The Labute approximate surface area is 239 Å². The fourth-order valence-electron chi connectivity index (χ4n) is 4.89. The van der Waals surface area contributed by atoms with Crippen LogP contribution in [0.15, 0.2) is 95.9 Å². The first kappa shape index (κ1) is 28.3. The zero-order valence-electron chi connectivity index (χ0n) is 22.8. The first-order valence-corrected chi connectivity index (χ1v) is 14.7. The third-order valence-electron chi connectivity index (χ3n) is 6.94. The molecule has 0 radical (unpaired) electrons. The van der Waals surface area contributed by atoms with Gasteiger partial charge in [-0.15, -0.1) is 0 Å². The molecule has 9 nitrogen and oxygen atoms in total. The second kappa shape index (κ2) is 12.1. The van der Waals surface area contributed by atoms with Gasteiger partial charge in [-0.05, 0) is 50.2 Å². The van der Waals surface area contributed by atoms with Gasteiger partial charge in [0.25, 0.3) is 5.91 Å². The molecule has 41 heavy (non-hydrogen) atoms. The maximum Gasteiger partial charge on any atom is 0.341 e. The van der Waals surface area contributed by atoms with Crippen LogP contribution in [0.4, 0.5) is 5.69 Å². The zero-order chi connectivity index (χ0) is 29.0. The van der Waals surface area contributed by atoms with Gasteiger partial charge >= 0.3 is 5.97 Å². The highest BCUT2D eigenvalue weighted by molar-refractivity contribution is 7.89. The number of hydrogen-bond acceptors (Lipinski definition) is 6. The molecule has 10 heteroatoms. The van der Waals surface area contributed by atoms with E-state index in [0.717, 1.165) is 11.4 Å². The lowest BCUT2D eigenvalue weighted by Crippen LogP contribution is -2.40. The Morgan fingerprint density at radius 3 is 2.22 bits per heavy atom. The summed E-state index contributed by atoms with van der Waals surface area (Å²) in [5.41, 5.74) is 3.53. The number of carbonyl (C=O) groups excluding carboxylic acids is 2. The van der Waals surface area contributed by atoms with Crippen LogP contribution in [0, 0.1) is 13.8 Å². The number of nitrogens with zero attached hydrogens (tertiary/aromatic N) is 2. The Morgan fingerprint density at radius 1 is 0.878 bits per heavy atom. The average Bonchev–Trinajstić information content (AvgIpc) is 3.30. The summed E-state index contributed by atoms with van der Waals surface area (Å²) in [4.78, 5) is 27.1. The molecule has 4 aromatic rings. The fraction of sp³-hybridized carbons (Fsp3) is 0.226. The number of nitrogens with one attached hydrogen (secondary N) is 1. The van der Waals surface area contributed by atoms with Crippen LogP contribution in [0.1, 0.15) is 33.4 Å². The molecule has 0 saturated carbocycles. The molecule has 0 bridgehead atoms. The van der Waals surface area contributed by atoms with E-state index in [-0.39, 0.29) is 23.7 Å². The van der Waals surface area contributed by atoms with Crippen molar-refractivity contribution in [2.24, 2.45) is 0 Å². The molecule has 1 fully saturated rings. The molecule has 3 aromatic carbocycles. The van der Waals surface area contributed by atoms with E-state index in [9.17, 15) is 18.0 Å². The highest BCUT2D eigenvalue weighted by Gasteiger charge is 2.29. The van der Waals surface area contributed by atoms with Gasteiger partial charge in [-0.25, -0.2) is 13.2 Å². The number of amides is 1. The molecular weight excluding hydrogens is 542 g/mol. The van der Waals surface area contributed by atoms with Gasteiger partial charge in [-0.2, -0.15) is 4.31 Å². The lowest BCUT2D eigenvalue weighted by Gasteiger charge is -2.26. The minimum atomic E-state index is -3.76. The largest absolute Gasteiger partial charge is 0.444 e. The maximum atomic E-state index is 13.6. The van der Waals surface area contributed by atoms with Crippen molar-refractivity contribution in [1.82, 2.24) is 8.87 Å². The summed E-state index contributed by atoms with van der Waals surface area (Å²) in [5.74, 6) is -1.25. The first-order valence-electron chi connectivity index (χ1n) is 13.2. The van der Waals surface area contributed by atoms with Crippen molar-refractivity contribution in [3.8, 4) is 5.69 Å². The van der Waals surface area contributed by atoms with Crippen molar-refractivity contribution in [3.05, 3.63) is 114 Å². The first-order chi connectivity index (χ1) is 19.8. The molecule has 1 aliphatic rings. The molecule has 1 saturated heterocycles. The number of ether oxygens (including phenoxy) is 2. The molecule has 1 N–H and O–H groups in total. The predicted molar refractivity (Wildman–Crippen MR) is 154 cm³/mol. The number of hydrogen-bond donors (Lipinski definition) is 1. The quantitative estimate of drug-likeness (QED) is 0.308. The van der Waals surface area contributed by atoms with Crippen LogP contribution in [0.2, 0.25) is 0 Å². The van der Waals surface area contributed by atoms with E-state index < -0.39 is 28.0 Å². The monoisotopic (exact) mass is 573 g/mol. The van der Waals surface area contributed by atoms with E-state index in [1.165, 1.54) is 16.4 Å². The van der Waals surface area contributed by atoms with E-state index in [2.05, 4.69) is 5.32 Å². The molecule has 2 heterocycles. The number of esters is 1. The minimum Gasteiger partial charge on any atom is -0.444 e. The molecule has 0 aliphatic carbocycles. The van der Waals surface area contributed by atoms with Crippen LogP contribution in [-0.2, 0) is 24.3 Å². The predicted octanol–water partition coefficient (Wildman–Crippen LogP) is 4.65. The Kier molecular flexibility index (Phi) is 8.34. The highest BCUT2D eigenvalue weighted by atomic mass is 32.2. The van der Waals surface area contributed by atoms with Crippen molar-refractivity contribution < 1.29 is 27.5 Å². The number of anilines is 1. The maximum absolute atomic E-state index is 13.6. The molecule has 5 rings (SSSR count). The van der Waals surface area contributed by atoms with Gasteiger partial charge in [0.2, 0.25) is 16.1 Å². The molecule has 1 aliphatic heterocycles. The van der Waals surface area contributed by atoms with Gasteiger partial charge in [0.15, 0.2) is 0 Å². The standard InChI is InChI=1S/C31H31N3O6S/c1-22-20-28(23(2)34(22)26-13-7-4-8-14-26)31(36)40-29(24-10-5-3-6-11-24)30(35)32-25-12-9-15-27(21-25)41(37,38)33-16-18-39-19-17-33/h3-15,20-21,29H,16-19H2,1-2H3,(H,32,35)/t29-/m0/s1. The molecule has 212 valence electrons. The second-order valence-corrected chi connectivity index (χ2v) is 11.6. The SMILES string of the molecule is Cc1cc(C(=O)O[C@H](C(=O)Nc2cccc(S(=O)(=O)N3CCOCC3)c2)c2ccccc2)c(C)n1-c1ccccc1. The van der Waals surface area contributed by atoms with Crippen LogP contribution in [0.25, 0.3) is 5.69 Å². The van der Waals surface area contributed by atoms with Gasteiger partial charge in [0.05, 0.1) is 23.7 Å². The zero-order valence-corrected chi connectivity index (χ0v) is 23.6. The highest BCUT2D eigenvalue weighted by Crippen LogP contribution is 2.27. The van der Waals surface area contributed by atoms with Gasteiger partial charge in [-0.1, -0.05) is 54.6 Å². The van der Waals surface area contributed by atoms with Crippen molar-refractivity contribution in [2.75, 3.05) is 31.6 Å². The lowest BCUT2D eigenvalue weighted by atomic mass is 10.1. The minimum absolute atomic E-state index is 0.0545. The van der Waals surface area contributed by atoms with Gasteiger partial charge in [0, 0.05) is 41.4 Å². The normalized spacial score (nSPS) is 14.8. The smallest absolute Gasteiger partial charge is 0.341 e. The topological polar surface area (TPSA) is 107 Å². The molecule has 0 unspecified atom stereocenters. The van der Waals surface area contributed by atoms with E-state index in [1.807, 2.05) is 48.7 Å². The second-order valence-electron chi connectivity index (χ2n) is 9.69. The number of morpholine rings is 1. The van der Waals surface area contributed by atoms with E-state index in [0.29, 0.717) is 30.0 Å². The summed E-state index contributed by atoms with van der Waals surface area (Å²) in [7, 11) is -3.76. The lowest BCUT2D eigenvalue weighted by molar-refractivity contribution is -0.125. The third kappa shape index (κ3) is 6.09. The van der Waals surface area contributed by atoms with Crippen LogP contribution >= 0.6 is 0 Å². The third-order valence-corrected chi connectivity index (χ3v) is 8.83. The van der Waals surface area contributed by atoms with Crippen LogP contribution < -0.4 is 5.32 Å². The van der Waals surface area contributed by atoms with Gasteiger partial charge in [0.1, 0.15) is 0 Å². The van der Waals surface area contributed by atoms with Crippen LogP contribution in [-0.4, -0.2) is 55.5 Å². The summed E-state index contributed by atoms with van der Waals surface area (Å²) in [6, 6.07) is 26.1. The summed E-state index contributed by atoms with van der Waals surface area (Å²) >= 11 is 0. The Balaban J connectivity index is 1.40. The Morgan fingerprint density at radius 2 is 1.54 bits per heavy atom. The number of carbonyl (C=O) groups is 2. The molecule has 0 spiro atoms. The van der Waals surface area contributed by atoms with Crippen molar-refractivity contribution in [2.45, 2.75) is 24.8 Å². The Hall–Kier alpha value is -4.25. The number of para-hydroxylation sites is 1. The Bertz CT molecular complexity index is 1650. The van der Waals surface area contributed by atoms with Crippen LogP contribution in [0.5, 0.6) is 0 Å². The molecule has 1 atom stereocenters. The fourth-order valence-corrected chi connectivity index (χ4v) is 6.35. The number of benzene rings is 3. The van der Waals surface area contributed by atoms with E-state index >= 15 is 0 Å². The molecular formula is C31H31N3O6S. The van der Waals surface area contributed by atoms with Crippen molar-refractivity contribution in [1.29, 1.82) is 0 Å². The number of aromatic nitrogens is 1. The van der Waals surface area contributed by atoms with Gasteiger partial charge in [-0.3, -0.25) is 4.79 Å². The van der Waals surface area contributed by atoms with Crippen LogP contribution in [0.3, 0.4) is 0 Å². The summed E-state index contributed by atoms with van der Waals surface area (Å²) in [6.07, 6.45) is -1.28. The van der Waals surface area contributed by atoms with Crippen molar-refractivity contribution in [3.63, 3.8) is 0 Å². The van der Waals surface area contributed by atoms with Crippen molar-refractivity contribution >= 4 is 27.6 Å². The average molecular weight is 574 g/mol. The number of sulfonamides is 1. The number of rotatable bonds is 8. The summed E-state index contributed by atoms with van der Waals surface area (Å²) in [5, 5.41) is 2.74. The van der Waals surface area contributed by atoms with E-state index in [1.54, 1.807) is 48.5 Å². The summed E-state index contributed by atoms with van der Waals surface area (Å²) < 4.78 is 40.7. The molecule has 1 aromatic heterocycles. The number of aryl methyl sites for hydroxylation is 1. The van der Waals surface area contributed by atoms with E-state index in [4.69, 9.17) is 9.47 Å². The van der Waals surface area contributed by atoms with Gasteiger partial charge < -0.3 is 19.4 Å². The summed E-state index contributed by atoms with van der Waals surface area (Å²) in [6.45, 7) is 4.90.